The van der Waals surface area contributed by atoms with Gasteiger partial charge in [-0.15, -0.1) is 0 Å². The molecule has 0 saturated heterocycles. The Morgan fingerprint density at radius 1 is 1.12 bits per heavy atom. The molecule has 16 heavy (non-hydrogen) atoms. The van der Waals surface area contributed by atoms with Crippen LogP contribution in [-0.4, -0.2) is 10.2 Å². The first-order valence-corrected chi connectivity index (χ1v) is 5.24. The second-order valence-corrected chi connectivity index (χ2v) is 3.06. The van der Waals surface area contributed by atoms with E-state index in [1.54, 1.807) is 26.1 Å². The summed E-state index contributed by atoms with van der Waals surface area (Å²) >= 11 is 0. The molecule has 0 saturated carbocycles. The van der Waals surface area contributed by atoms with Crippen LogP contribution >= 0.6 is 0 Å². The van der Waals surface area contributed by atoms with Crippen LogP contribution in [0.2, 0.25) is 0 Å². The van der Waals surface area contributed by atoms with Crippen molar-refractivity contribution in [3.05, 3.63) is 30.0 Å². The molecule has 0 amide bonds. The Kier molecular flexibility index (Phi) is 5.30. The highest BCUT2D eigenvalue weighted by Crippen LogP contribution is 2.29. The molecule has 88 valence electrons. The van der Waals surface area contributed by atoms with Crippen LogP contribution in [0.3, 0.4) is 0 Å². The fraction of sp³-hybridized carbons (Fsp3) is 0.308. The maximum absolute atomic E-state index is 9.57. The maximum Gasteiger partial charge on any atom is 0.409 e. The molecule has 0 aliphatic carbocycles. The van der Waals surface area contributed by atoms with E-state index in [0.29, 0.717) is 5.56 Å². The molecule has 0 aliphatic rings. The van der Waals surface area contributed by atoms with Crippen LogP contribution in [0.4, 0.5) is 0 Å². The summed E-state index contributed by atoms with van der Waals surface area (Å²) < 4.78 is 1.46. The summed E-state index contributed by atoms with van der Waals surface area (Å²) in [4.78, 5) is 0. The van der Waals surface area contributed by atoms with Gasteiger partial charge in [0.05, 0.1) is 5.56 Å². The van der Waals surface area contributed by atoms with E-state index in [1.165, 1.54) is 4.57 Å². The third-order valence-electron chi connectivity index (χ3n) is 2.32. The van der Waals surface area contributed by atoms with Crippen molar-refractivity contribution in [2.24, 2.45) is 7.05 Å². The van der Waals surface area contributed by atoms with E-state index in [2.05, 4.69) is 13.2 Å². The minimum Gasteiger partial charge on any atom is -0.500 e. The average Bonchev–Trinajstić information content (AvgIpc) is 2.33. The predicted molar refractivity (Wildman–Crippen MR) is 67.2 cm³/mol. The second kappa shape index (κ2) is 5.95. The molecule has 2 N–H and O–H groups in total. The number of nitrogens with zero attached hydrogens (tertiary/aromatic N) is 1. The van der Waals surface area contributed by atoms with Gasteiger partial charge in [0.2, 0.25) is 11.4 Å². The number of aromatic nitrogens is 1. The lowest BCUT2D eigenvalue weighted by Crippen LogP contribution is -2.33. The van der Waals surface area contributed by atoms with Gasteiger partial charge in [0.15, 0.2) is 0 Å². The Balaban J connectivity index is 0.00000106. The maximum atomic E-state index is 9.57. The van der Waals surface area contributed by atoms with Crippen LogP contribution < -0.4 is 4.57 Å². The fourth-order valence-electron chi connectivity index (χ4n) is 1.45. The third-order valence-corrected chi connectivity index (χ3v) is 2.32. The summed E-state index contributed by atoms with van der Waals surface area (Å²) in [7, 11) is 1.65. The largest absolute Gasteiger partial charge is 0.500 e. The highest BCUT2D eigenvalue weighted by atomic mass is 16.3. The van der Waals surface area contributed by atoms with Gasteiger partial charge >= 0.3 is 5.88 Å². The molecular weight excluding hydrogens is 202 g/mol. The van der Waals surface area contributed by atoms with E-state index in [0.717, 1.165) is 11.3 Å². The van der Waals surface area contributed by atoms with Gasteiger partial charge < -0.3 is 10.2 Å². The molecule has 1 aromatic heterocycles. The average molecular weight is 222 g/mol. The molecule has 3 nitrogen and oxygen atoms in total. The Morgan fingerprint density at radius 2 is 1.62 bits per heavy atom. The number of hydrogen-bond acceptors (Lipinski definition) is 2. The summed E-state index contributed by atoms with van der Waals surface area (Å²) in [6.07, 6.45) is 3.24. The highest BCUT2D eigenvalue weighted by molar-refractivity contribution is 5.64. The van der Waals surface area contributed by atoms with Crippen LogP contribution in [-0.2, 0) is 7.05 Å². The SMILES string of the molecule is C=Cc1c(C)c(O)c(O)[n+](C)c1C=C.CC. The van der Waals surface area contributed by atoms with Gasteiger partial charge in [0.1, 0.15) is 7.05 Å². The molecule has 1 heterocycles. The Bertz CT molecular complexity index is 370. The van der Waals surface area contributed by atoms with Crippen LogP contribution in [0.5, 0.6) is 11.6 Å². The Morgan fingerprint density at radius 3 is 2.00 bits per heavy atom. The highest BCUT2D eigenvalue weighted by Gasteiger charge is 2.22. The summed E-state index contributed by atoms with van der Waals surface area (Å²) in [6, 6.07) is 0. The van der Waals surface area contributed by atoms with Crippen molar-refractivity contribution < 1.29 is 14.8 Å². The zero-order chi connectivity index (χ0) is 12.9. The van der Waals surface area contributed by atoms with Crippen LogP contribution in [0.1, 0.15) is 30.7 Å². The molecule has 0 bridgehead atoms. The minimum absolute atomic E-state index is 0.118. The van der Waals surface area contributed by atoms with Gasteiger partial charge in [-0.3, -0.25) is 0 Å². The van der Waals surface area contributed by atoms with E-state index in [4.69, 9.17) is 0 Å². The standard InChI is InChI=1S/C11H13NO2.C2H6/c1-5-8-7(3)10(13)11(14)12(4)9(8)6-2;1-2/h5-6,13H,1-2H2,3-4H3;1-2H3/p+1. The second-order valence-electron chi connectivity index (χ2n) is 3.06. The molecule has 0 aliphatic heterocycles. The molecule has 1 aromatic rings. The van der Waals surface area contributed by atoms with Crippen LogP contribution in [0.15, 0.2) is 13.2 Å². The minimum atomic E-state index is -0.164. The lowest BCUT2D eigenvalue weighted by molar-refractivity contribution is -0.680. The van der Waals surface area contributed by atoms with E-state index in [1.807, 2.05) is 13.8 Å². The van der Waals surface area contributed by atoms with Gasteiger partial charge in [-0.1, -0.05) is 33.1 Å². The Labute approximate surface area is 97.0 Å². The summed E-state index contributed by atoms with van der Waals surface area (Å²) in [5.74, 6) is -0.281. The molecule has 1 rings (SSSR count). The Hall–Kier alpha value is -1.77. The van der Waals surface area contributed by atoms with Crippen molar-refractivity contribution in [1.82, 2.24) is 0 Å². The molecular formula is C13H20NO2+. The zero-order valence-electron chi connectivity index (χ0n) is 10.4. The first-order chi connectivity index (χ1) is 7.54. The third kappa shape index (κ3) is 2.24. The smallest absolute Gasteiger partial charge is 0.409 e. The van der Waals surface area contributed by atoms with Crippen molar-refractivity contribution in [2.45, 2.75) is 20.8 Å². The van der Waals surface area contributed by atoms with Gasteiger partial charge in [-0.05, 0) is 6.92 Å². The van der Waals surface area contributed by atoms with Crippen LogP contribution in [0, 0.1) is 6.92 Å². The van der Waals surface area contributed by atoms with E-state index >= 15 is 0 Å². The summed E-state index contributed by atoms with van der Waals surface area (Å²) in [5.41, 5.74) is 2.11. The van der Waals surface area contributed by atoms with Crippen molar-refractivity contribution >= 4 is 12.2 Å². The predicted octanol–water partition coefficient (Wildman–Crippen LogP) is 2.54. The van der Waals surface area contributed by atoms with Crippen molar-refractivity contribution in [3.8, 4) is 11.6 Å². The van der Waals surface area contributed by atoms with Crippen LogP contribution in [0.25, 0.3) is 12.2 Å². The molecule has 0 atom stereocenters. The lowest BCUT2D eigenvalue weighted by atomic mass is 10.1. The van der Waals surface area contributed by atoms with Gasteiger partial charge in [0, 0.05) is 11.6 Å². The van der Waals surface area contributed by atoms with Crippen molar-refractivity contribution in [2.75, 3.05) is 0 Å². The molecule has 3 heteroatoms. The lowest BCUT2D eigenvalue weighted by Gasteiger charge is -2.07. The van der Waals surface area contributed by atoms with Gasteiger partial charge in [-0.2, -0.15) is 4.57 Å². The molecule has 0 fully saturated rings. The monoisotopic (exact) mass is 222 g/mol. The molecule has 0 radical (unpaired) electrons. The number of rotatable bonds is 2. The number of pyridine rings is 1. The van der Waals surface area contributed by atoms with E-state index in [-0.39, 0.29) is 11.6 Å². The van der Waals surface area contributed by atoms with E-state index < -0.39 is 0 Å². The number of hydrogen-bond donors (Lipinski definition) is 2. The van der Waals surface area contributed by atoms with Gasteiger partial charge in [-0.25, -0.2) is 0 Å². The number of aromatic hydroxyl groups is 2. The van der Waals surface area contributed by atoms with Crippen molar-refractivity contribution in [1.29, 1.82) is 0 Å². The first kappa shape index (κ1) is 14.2. The quantitative estimate of drug-likeness (QED) is 0.755. The molecule has 0 aromatic carbocycles. The van der Waals surface area contributed by atoms with Crippen molar-refractivity contribution in [3.63, 3.8) is 0 Å². The molecule has 0 unspecified atom stereocenters. The normalized spacial score (nSPS) is 9.00. The molecule has 0 spiro atoms. The van der Waals surface area contributed by atoms with E-state index in [9.17, 15) is 10.2 Å². The first-order valence-electron chi connectivity index (χ1n) is 5.24. The summed E-state index contributed by atoms with van der Waals surface area (Å²) in [6.45, 7) is 13.0. The summed E-state index contributed by atoms with van der Waals surface area (Å²) in [5, 5.41) is 19.1. The zero-order valence-corrected chi connectivity index (χ0v) is 10.4. The topological polar surface area (TPSA) is 44.3 Å². The van der Waals surface area contributed by atoms with Gasteiger partial charge in [0.25, 0.3) is 0 Å². The fourth-order valence-corrected chi connectivity index (χ4v) is 1.45.